The number of aromatic amines is 1. The highest BCUT2D eigenvalue weighted by Crippen LogP contribution is 2.20. The Bertz CT molecular complexity index is 656. The summed E-state index contributed by atoms with van der Waals surface area (Å²) in [6.45, 7) is 1.67. The van der Waals surface area contributed by atoms with Crippen molar-refractivity contribution in [1.29, 1.82) is 0 Å². The molecule has 2 aromatic heterocycles. The Morgan fingerprint density at radius 2 is 2.28 bits per heavy atom. The smallest absolute Gasteiger partial charge is 0.266 e. The summed E-state index contributed by atoms with van der Waals surface area (Å²) in [7, 11) is -2.03. The van der Waals surface area contributed by atoms with Crippen LogP contribution in [0.25, 0.3) is 0 Å². The van der Waals surface area contributed by atoms with E-state index >= 15 is 0 Å². The van der Waals surface area contributed by atoms with E-state index in [0.717, 1.165) is 0 Å². The fourth-order valence-electron chi connectivity index (χ4n) is 1.62. The summed E-state index contributed by atoms with van der Waals surface area (Å²) < 4.78 is 28.3. The Labute approximate surface area is 104 Å². The summed E-state index contributed by atoms with van der Waals surface area (Å²) >= 11 is 0. The van der Waals surface area contributed by atoms with Crippen molar-refractivity contribution in [1.82, 2.24) is 20.0 Å². The fraction of sp³-hybridized carbons (Fsp3) is 0.333. The first kappa shape index (κ1) is 12.6. The van der Waals surface area contributed by atoms with E-state index in [2.05, 4.69) is 20.0 Å². The number of nitrogens with one attached hydrogen (secondary N) is 2. The predicted molar refractivity (Wildman–Crippen MR) is 65.2 cm³/mol. The molecule has 2 rings (SSSR count). The van der Waals surface area contributed by atoms with Gasteiger partial charge in [-0.25, -0.2) is 8.42 Å². The molecule has 0 saturated heterocycles. The van der Waals surface area contributed by atoms with Gasteiger partial charge in [0.25, 0.3) is 10.0 Å². The van der Waals surface area contributed by atoms with Crippen molar-refractivity contribution in [3.05, 3.63) is 23.7 Å². The van der Waals surface area contributed by atoms with E-state index in [1.807, 2.05) is 0 Å². The van der Waals surface area contributed by atoms with Crippen LogP contribution in [0.4, 0.5) is 5.82 Å². The van der Waals surface area contributed by atoms with Crippen molar-refractivity contribution in [3.8, 4) is 0 Å². The van der Waals surface area contributed by atoms with Gasteiger partial charge in [-0.3, -0.25) is 14.5 Å². The minimum absolute atomic E-state index is 0.0444. The second kappa shape index (κ2) is 4.42. The number of nitrogens with zero attached hydrogens (tertiary/aromatic N) is 3. The number of hydrogen-bond donors (Lipinski definition) is 3. The van der Waals surface area contributed by atoms with Crippen molar-refractivity contribution in [2.45, 2.75) is 18.4 Å². The number of anilines is 1. The first-order valence-electron chi connectivity index (χ1n) is 5.20. The highest BCUT2D eigenvalue weighted by atomic mass is 32.2. The van der Waals surface area contributed by atoms with Crippen LogP contribution in [-0.2, 0) is 23.6 Å². The third-order valence-electron chi connectivity index (χ3n) is 2.38. The average molecular weight is 270 g/mol. The summed E-state index contributed by atoms with van der Waals surface area (Å²) in [5.41, 5.74) is 6.21. The van der Waals surface area contributed by atoms with Crippen LogP contribution in [0.1, 0.15) is 11.4 Å². The Balaban J connectivity index is 2.39. The number of hydrogen-bond acceptors (Lipinski definition) is 5. The van der Waals surface area contributed by atoms with E-state index in [4.69, 9.17) is 5.73 Å². The largest absolute Gasteiger partial charge is 0.325 e. The number of aryl methyl sites for hydroxylation is 2. The molecular weight excluding hydrogens is 256 g/mol. The van der Waals surface area contributed by atoms with Gasteiger partial charge in [-0.15, -0.1) is 0 Å². The van der Waals surface area contributed by atoms with Gasteiger partial charge >= 0.3 is 0 Å². The van der Waals surface area contributed by atoms with Crippen molar-refractivity contribution in [2.75, 3.05) is 4.72 Å². The monoisotopic (exact) mass is 270 g/mol. The molecule has 0 unspecified atom stereocenters. The minimum atomic E-state index is -3.73. The molecule has 0 spiro atoms. The van der Waals surface area contributed by atoms with E-state index in [1.54, 1.807) is 26.2 Å². The number of rotatable bonds is 4. The van der Waals surface area contributed by atoms with Crippen molar-refractivity contribution in [2.24, 2.45) is 12.8 Å². The molecule has 0 aliphatic rings. The van der Waals surface area contributed by atoms with Gasteiger partial charge in [0.2, 0.25) is 0 Å². The van der Waals surface area contributed by atoms with E-state index in [9.17, 15) is 8.42 Å². The molecular formula is C9H14N6O2S. The molecule has 0 aliphatic heterocycles. The zero-order chi connectivity index (χ0) is 13.3. The van der Waals surface area contributed by atoms with Gasteiger partial charge in [0.05, 0.1) is 11.4 Å². The molecule has 2 aromatic rings. The highest BCUT2D eigenvalue weighted by Gasteiger charge is 2.24. The van der Waals surface area contributed by atoms with E-state index in [1.165, 1.54) is 4.68 Å². The van der Waals surface area contributed by atoms with E-state index in [0.29, 0.717) is 11.4 Å². The van der Waals surface area contributed by atoms with Gasteiger partial charge < -0.3 is 5.73 Å². The molecule has 0 aromatic carbocycles. The number of aromatic nitrogens is 4. The van der Waals surface area contributed by atoms with Gasteiger partial charge in [0.1, 0.15) is 4.90 Å². The summed E-state index contributed by atoms with van der Waals surface area (Å²) in [4.78, 5) is 0.0793. The van der Waals surface area contributed by atoms with Crippen LogP contribution in [-0.4, -0.2) is 28.4 Å². The third kappa shape index (κ3) is 2.22. The second-order valence-electron chi connectivity index (χ2n) is 3.81. The number of sulfonamides is 1. The van der Waals surface area contributed by atoms with Gasteiger partial charge in [0.15, 0.2) is 5.82 Å². The van der Waals surface area contributed by atoms with Gasteiger partial charge in [0, 0.05) is 25.9 Å². The molecule has 98 valence electrons. The van der Waals surface area contributed by atoms with Crippen LogP contribution < -0.4 is 10.5 Å². The molecule has 0 bridgehead atoms. The molecule has 18 heavy (non-hydrogen) atoms. The second-order valence-corrected chi connectivity index (χ2v) is 5.43. The molecule has 9 heteroatoms. The predicted octanol–water partition coefficient (Wildman–Crippen LogP) is -0.289. The Hall–Kier alpha value is -1.87. The van der Waals surface area contributed by atoms with Gasteiger partial charge in [-0.05, 0) is 6.92 Å². The summed E-state index contributed by atoms with van der Waals surface area (Å²) in [5.74, 6) is 0.251. The first-order valence-corrected chi connectivity index (χ1v) is 6.68. The van der Waals surface area contributed by atoms with Crippen LogP contribution >= 0.6 is 0 Å². The summed E-state index contributed by atoms with van der Waals surface area (Å²) in [5, 5.41) is 10.4. The quantitative estimate of drug-likeness (QED) is 0.705. The number of H-pyrrole nitrogens is 1. The number of nitrogens with two attached hydrogens (primary N) is 1. The zero-order valence-electron chi connectivity index (χ0n) is 10.0. The fourth-order valence-corrected chi connectivity index (χ4v) is 3.00. The Kier molecular flexibility index (Phi) is 3.09. The zero-order valence-corrected chi connectivity index (χ0v) is 10.8. The third-order valence-corrected chi connectivity index (χ3v) is 3.93. The maximum Gasteiger partial charge on any atom is 0.266 e. The van der Waals surface area contributed by atoms with Crippen LogP contribution in [0, 0.1) is 6.92 Å². The lowest BCUT2D eigenvalue weighted by Crippen LogP contribution is -2.16. The van der Waals surface area contributed by atoms with E-state index in [-0.39, 0.29) is 17.3 Å². The van der Waals surface area contributed by atoms with Crippen molar-refractivity contribution < 1.29 is 8.42 Å². The summed E-state index contributed by atoms with van der Waals surface area (Å²) in [6.07, 6.45) is 1.64. The van der Waals surface area contributed by atoms with E-state index < -0.39 is 10.0 Å². The van der Waals surface area contributed by atoms with Crippen LogP contribution in [0.15, 0.2) is 17.2 Å². The Morgan fingerprint density at radius 1 is 1.56 bits per heavy atom. The van der Waals surface area contributed by atoms with Crippen LogP contribution in [0.5, 0.6) is 0 Å². The molecule has 0 saturated carbocycles. The molecule has 2 heterocycles. The molecule has 0 radical (unpaired) electrons. The molecule has 4 N–H and O–H groups in total. The standard InChI is InChI=1S/C9H14N6O2S/c1-6-9(7(5-10)12-11-6)18(16,17)14-8-3-4-15(2)13-8/h3-4H,5,10H2,1-2H3,(H,11,12)(H,13,14). The highest BCUT2D eigenvalue weighted by molar-refractivity contribution is 7.92. The van der Waals surface area contributed by atoms with Gasteiger partial charge in [-0.2, -0.15) is 10.2 Å². The molecule has 8 nitrogen and oxygen atoms in total. The Morgan fingerprint density at radius 3 is 2.83 bits per heavy atom. The van der Waals surface area contributed by atoms with Crippen molar-refractivity contribution in [3.63, 3.8) is 0 Å². The van der Waals surface area contributed by atoms with Crippen LogP contribution in [0.3, 0.4) is 0 Å². The molecule has 0 fully saturated rings. The maximum absolute atomic E-state index is 12.2. The normalized spacial score (nSPS) is 11.7. The maximum atomic E-state index is 12.2. The van der Waals surface area contributed by atoms with Gasteiger partial charge in [-0.1, -0.05) is 0 Å². The minimum Gasteiger partial charge on any atom is -0.325 e. The molecule has 0 aliphatic carbocycles. The molecule has 0 amide bonds. The first-order chi connectivity index (χ1) is 8.44. The van der Waals surface area contributed by atoms with Crippen molar-refractivity contribution >= 4 is 15.8 Å². The topological polar surface area (TPSA) is 119 Å². The van der Waals surface area contributed by atoms with Crippen LogP contribution in [0.2, 0.25) is 0 Å². The SMILES string of the molecule is Cc1[nH]nc(CN)c1S(=O)(=O)Nc1ccn(C)n1. The average Bonchev–Trinajstić information content (AvgIpc) is 2.84. The lowest BCUT2D eigenvalue weighted by Gasteiger charge is -2.05. The summed E-state index contributed by atoms with van der Waals surface area (Å²) in [6, 6.07) is 1.56. The molecule has 0 atom stereocenters. The lowest BCUT2D eigenvalue weighted by molar-refractivity contribution is 0.599. The lowest BCUT2D eigenvalue weighted by atomic mass is 10.4.